The Balaban J connectivity index is 2.24. The second-order valence-corrected chi connectivity index (χ2v) is 5.83. The Labute approximate surface area is 155 Å². The summed E-state index contributed by atoms with van der Waals surface area (Å²) in [5.41, 5.74) is 1.23. The molecule has 0 saturated carbocycles. The van der Waals surface area contributed by atoms with Crippen molar-refractivity contribution in [3.8, 4) is 11.6 Å². The van der Waals surface area contributed by atoms with Crippen LogP contribution in [0.3, 0.4) is 0 Å². The SMILES string of the molecule is CCCCC(=O)N/N=C/c1c(O)n(Cc2ccc(OC)cc2)c(=O)[nH]c1=O. The summed E-state index contributed by atoms with van der Waals surface area (Å²) in [5, 5.41) is 14.0. The topological polar surface area (TPSA) is 126 Å². The van der Waals surface area contributed by atoms with Crippen molar-refractivity contribution in [3.63, 3.8) is 0 Å². The number of nitrogens with zero attached hydrogens (tertiary/aromatic N) is 2. The zero-order valence-corrected chi connectivity index (χ0v) is 15.2. The van der Waals surface area contributed by atoms with E-state index >= 15 is 0 Å². The lowest BCUT2D eigenvalue weighted by Crippen LogP contribution is -2.32. The van der Waals surface area contributed by atoms with Crippen LogP contribution in [0.25, 0.3) is 0 Å². The number of ether oxygens (including phenoxy) is 1. The number of aromatic nitrogens is 2. The Morgan fingerprint density at radius 2 is 2.04 bits per heavy atom. The molecule has 1 heterocycles. The molecule has 0 saturated heterocycles. The monoisotopic (exact) mass is 374 g/mol. The molecule has 9 heteroatoms. The van der Waals surface area contributed by atoms with Crippen molar-refractivity contribution >= 4 is 12.1 Å². The number of unbranched alkanes of at least 4 members (excludes halogenated alkanes) is 1. The third kappa shape index (κ3) is 5.30. The molecule has 3 N–H and O–H groups in total. The number of hydrazone groups is 1. The van der Waals surface area contributed by atoms with Gasteiger partial charge in [0.05, 0.1) is 19.9 Å². The number of aromatic hydroxyl groups is 1. The number of nitrogens with one attached hydrogen (secondary N) is 2. The number of amides is 1. The minimum absolute atomic E-state index is 0.0368. The van der Waals surface area contributed by atoms with Gasteiger partial charge in [0.25, 0.3) is 5.56 Å². The molecule has 0 aliphatic carbocycles. The van der Waals surface area contributed by atoms with Crippen LogP contribution < -0.4 is 21.4 Å². The molecule has 0 bridgehead atoms. The zero-order chi connectivity index (χ0) is 19.8. The smallest absolute Gasteiger partial charge is 0.331 e. The molecule has 0 aliphatic rings. The zero-order valence-electron chi connectivity index (χ0n) is 15.2. The van der Waals surface area contributed by atoms with E-state index in [-0.39, 0.29) is 18.0 Å². The molecule has 144 valence electrons. The number of carbonyl (C=O) groups excluding carboxylic acids is 1. The van der Waals surface area contributed by atoms with Gasteiger partial charge in [0.1, 0.15) is 11.3 Å². The first-order valence-electron chi connectivity index (χ1n) is 8.47. The number of benzene rings is 1. The molecule has 2 aromatic rings. The Morgan fingerprint density at radius 1 is 1.33 bits per heavy atom. The summed E-state index contributed by atoms with van der Waals surface area (Å²) in [6.07, 6.45) is 2.92. The van der Waals surface area contributed by atoms with E-state index in [1.165, 1.54) is 0 Å². The number of hydrogen-bond donors (Lipinski definition) is 3. The van der Waals surface area contributed by atoms with Gasteiger partial charge in [-0.05, 0) is 24.1 Å². The van der Waals surface area contributed by atoms with Gasteiger partial charge in [0.2, 0.25) is 11.8 Å². The summed E-state index contributed by atoms with van der Waals surface area (Å²) >= 11 is 0. The van der Waals surface area contributed by atoms with Crippen LogP contribution in [0.15, 0.2) is 39.0 Å². The van der Waals surface area contributed by atoms with Crippen molar-refractivity contribution in [3.05, 3.63) is 56.2 Å². The molecule has 27 heavy (non-hydrogen) atoms. The quantitative estimate of drug-likeness (QED) is 0.468. The van der Waals surface area contributed by atoms with E-state index < -0.39 is 17.1 Å². The number of methoxy groups -OCH3 is 1. The summed E-state index contributed by atoms with van der Waals surface area (Å²) in [4.78, 5) is 37.7. The Hall–Kier alpha value is -3.36. The second-order valence-electron chi connectivity index (χ2n) is 5.83. The minimum atomic E-state index is -0.796. The van der Waals surface area contributed by atoms with Crippen LogP contribution in [-0.4, -0.2) is 33.9 Å². The molecule has 0 atom stereocenters. The molecule has 0 fully saturated rings. The number of aromatic amines is 1. The van der Waals surface area contributed by atoms with E-state index in [1.807, 2.05) is 6.92 Å². The van der Waals surface area contributed by atoms with E-state index in [2.05, 4.69) is 15.5 Å². The van der Waals surface area contributed by atoms with Crippen LogP contribution in [0.5, 0.6) is 11.6 Å². The molecule has 9 nitrogen and oxygen atoms in total. The van der Waals surface area contributed by atoms with Gasteiger partial charge in [-0.1, -0.05) is 25.5 Å². The van der Waals surface area contributed by atoms with Gasteiger partial charge in [0.15, 0.2) is 0 Å². The maximum Gasteiger partial charge on any atom is 0.331 e. The van der Waals surface area contributed by atoms with Crippen molar-refractivity contribution in [2.75, 3.05) is 7.11 Å². The van der Waals surface area contributed by atoms with Crippen molar-refractivity contribution < 1.29 is 14.6 Å². The first-order valence-corrected chi connectivity index (χ1v) is 8.47. The number of hydrogen-bond acceptors (Lipinski definition) is 6. The molecule has 1 aromatic heterocycles. The molecule has 2 rings (SSSR count). The molecular formula is C18H22N4O5. The molecule has 0 aliphatic heterocycles. The summed E-state index contributed by atoms with van der Waals surface area (Å²) in [6, 6.07) is 6.91. The van der Waals surface area contributed by atoms with Gasteiger partial charge < -0.3 is 9.84 Å². The van der Waals surface area contributed by atoms with Gasteiger partial charge in [-0.25, -0.2) is 10.2 Å². The fraction of sp³-hybridized carbons (Fsp3) is 0.333. The minimum Gasteiger partial charge on any atom is -0.497 e. The van der Waals surface area contributed by atoms with Crippen LogP contribution in [0, 0.1) is 0 Å². The highest BCUT2D eigenvalue weighted by Crippen LogP contribution is 2.14. The standard InChI is InChI=1S/C18H22N4O5/c1-3-4-5-15(23)21-19-10-14-16(24)20-18(26)22(17(14)25)11-12-6-8-13(27-2)9-7-12/h6-10,25H,3-5,11H2,1-2H3,(H,21,23)(H,20,24,26)/b19-10+. The van der Waals surface area contributed by atoms with Crippen LogP contribution in [-0.2, 0) is 11.3 Å². The van der Waals surface area contributed by atoms with Crippen LogP contribution in [0.1, 0.15) is 37.3 Å². The van der Waals surface area contributed by atoms with Gasteiger partial charge in [0, 0.05) is 6.42 Å². The predicted molar refractivity (Wildman–Crippen MR) is 100 cm³/mol. The molecular weight excluding hydrogens is 352 g/mol. The fourth-order valence-corrected chi connectivity index (χ4v) is 2.31. The lowest BCUT2D eigenvalue weighted by molar-refractivity contribution is -0.121. The number of H-pyrrole nitrogens is 1. The van der Waals surface area contributed by atoms with Gasteiger partial charge in [-0.2, -0.15) is 5.10 Å². The second kappa shape index (κ2) is 9.37. The van der Waals surface area contributed by atoms with Crippen molar-refractivity contribution in [2.45, 2.75) is 32.7 Å². The molecule has 0 unspecified atom stereocenters. The lowest BCUT2D eigenvalue weighted by Gasteiger charge is -2.10. The third-order valence-corrected chi connectivity index (χ3v) is 3.85. The summed E-state index contributed by atoms with van der Waals surface area (Å²) in [5.74, 6) is -0.176. The molecule has 1 amide bonds. The van der Waals surface area contributed by atoms with Crippen molar-refractivity contribution in [1.82, 2.24) is 15.0 Å². The number of carbonyl (C=O) groups is 1. The van der Waals surface area contributed by atoms with E-state index in [1.54, 1.807) is 31.4 Å². The van der Waals surface area contributed by atoms with E-state index in [0.717, 1.165) is 29.2 Å². The maximum atomic E-state index is 12.0. The predicted octanol–water partition coefficient (Wildman–Crippen LogP) is 0.939. The van der Waals surface area contributed by atoms with Gasteiger partial charge >= 0.3 is 5.69 Å². The van der Waals surface area contributed by atoms with Crippen molar-refractivity contribution in [1.29, 1.82) is 0 Å². The first kappa shape index (κ1) is 20.0. The molecule has 0 radical (unpaired) electrons. The Morgan fingerprint density at radius 3 is 2.67 bits per heavy atom. The van der Waals surface area contributed by atoms with Crippen molar-refractivity contribution in [2.24, 2.45) is 5.10 Å². The molecule has 1 aromatic carbocycles. The Kier molecular flexibility index (Phi) is 6.93. The highest BCUT2D eigenvalue weighted by molar-refractivity contribution is 5.84. The Bertz CT molecular complexity index is 928. The normalized spacial score (nSPS) is 10.9. The van der Waals surface area contributed by atoms with E-state index in [0.29, 0.717) is 12.2 Å². The average Bonchev–Trinajstić information content (AvgIpc) is 2.66. The van der Waals surface area contributed by atoms with Crippen LogP contribution in [0.4, 0.5) is 0 Å². The van der Waals surface area contributed by atoms with Gasteiger partial charge in [-0.15, -0.1) is 0 Å². The summed E-state index contributed by atoms with van der Waals surface area (Å²) in [7, 11) is 1.54. The van der Waals surface area contributed by atoms with E-state index in [4.69, 9.17) is 4.74 Å². The molecule has 0 spiro atoms. The highest BCUT2D eigenvalue weighted by atomic mass is 16.5. The van der Waals surface area contributed by atoms with Crippen LogP contribution >= 0.6 is 0 Å². The summed E-state index contributed by atoms with van der Waals surface area (Å²) < 4.78 is 6.08. The first-order chi connectivity index (χ1) is 13.0. The number of rotatable bonds is 8. The van der Waals surface area contributed by atoms with Gasteiger partial charge in [-0.3, -0.25) is 19.1 Å². The lowest BCUT2D eigenvalue weighted by atomic mass is 10.2. The average molecular weight is 374 g/mol. The largest absolute Gasteiger partial charge is 0.497 e. The van der Waals surface area contributed by atoms with Crippen LogP contribution in [0.2, 0.25) is 0 Å². The summed E-state index contributed by atoms with van der Waals surface area (Å²) in [6.45, 7) is 2.00. The fourth-order valence-electron chi connectivity index (χ4n) is 2.31. The third-order valence-electron chi connectivity index (χ3n) is 3.85. The van der Waals surface area contributed by atoms with E-state index in [9.17, 15) is 19.5 Å². The highest BCUT2D eigenvalue weighted by Gasteiger charge is 2.13. The maximum absolute atomic E-state index is 12.0.